The first-order chi connectivity index (χ1) is 10.8. The van der Waals surface area contributed by atoms with Gasteiger partial charge < -0.3 is 9.47 Å². The minimum atomic E-state index is -3.70. The van der Waals surface area contributed by atoms with Gasteiger partial charge in [-0.05, 0) is 56.7 Å². The molecule has 0 aliphatic heterocycles. The van der Waals surface area contributed by atoms with Gasteiger partial charge in [0.1, 0.15) is 11.5 Å². The zero-order chi connectivity index (χ0) is 17.0. The van der Waals surface area contributed by atoms with E-state index in [1.54, 1.807) is 50.4 Å². The molecule has 124 valence electrons. The summed E-state index contributed by atoms with van der Waals surface area (Å²) in [6.45, 7) is 5.57. The third kappa shape index (κ3) is 4.16. The van der Waals surface area contributed by atoms with Crippen LogP contribution in [0.15, 0.2) is 47.4 Å². The molecule has 0 aromatic heterocycles. The molecule has 0 bridgehead atoms. The van der Waals surface area contributed by atoms with Crippen LogP contribution in [0, 0.1) is 6.92 Å². The van der Waals surface area contributed by atoms with Crippen molar-refractivity contribution in [2.75, 3.05) is 11.8 Å². The van der Waals surface area contributed by atoms with Crippen LogP contribution in [-0.4, -0.2) is 21.6 Å². The Labute approximate surface area is 137 Å². The maximum Gasteiger partial charge on any atom is 0.262 e. The third-order valence-corrected chi connectivity index (χ3v) is 4.53. The predicted octanol–water partition coefficient (Wildman–Crippen LogP) is 3.59. The van der Waals surface area contributed by atoms with Crippen molar-refractivity contribution >= 4 is 15.7 Å². The average molecular weight is 335 g/mol. The highest BCUT2D eigenvalue weighted by atomic mass is 32.2. The standard InChI is InChI=1S/C17H21NO4S/c1-12(2)22-17-8-6-5-7-15(17)18-23(19,20)14-9-10-16(21-4)13(3)11-14/h5-12,18H,1-4H3. The van der Waals surface area contributed by atoms with E-state index < -0.39 is 10.0 Å². The van der Waals surface area contributed by atoms with Gasteiger partial charge in [-0.2, -0.15) is 0 Å². The highest BCUT2D eigenvalue weighted by Gasteiger charge is 2.18. The summed E-state index contributed by atoms with van der Waals surface area (Å²) in [7, 11) is -2.15. The van der Waals surface area contributed by atoms with Crippen molar-refractivity contribution in [1.82, 2.24) is 0 Å². The zero-order valence-corrected chi connectivity index (χ0v) is 14.5. The van der Waals surface area contributed by atoms with Gasteiger partial charge in [0.15, 0.2) is 0 Å². The molecule has 1 N–H and O–H groups in total. The molecule has 2 aromatic rings. The van der Waals surface area contributed by atoms with Crippen molar-refractivity contribution in [2.45, 2.75) is 31.8 Å². The number of ether oxygens (including phenoxy) is 2. The minimum absolute atomic E-state index is 0.0520. The smallest absolute Gasteiger partial charge is 0.262 e. The molecule has 23 heavy (non-hydrogen) atoms. The van der Waals surface area contributed by atoms with E-state index in [0.29, 0.717) is 17.2 Å². The van der Waals surface area contributed by atoms with Gasteiger partial charge in [-0.25, -0.2) is 8.42 Å². The summed E-state index contributed by atoms with van der Waals surface area (Å²) in [6, 6.07) is 11.7. The fourth-order valence-electron chi connectivity index (χ4n) is 2.13. The number of methoxy groups -OCH3 is 1. The number of para-hydroxylation sites is 2. The molecule has 0 saturated carbocycles. The lowest BCUT2D eigenvalue weighted by atomic mass is 10.2. The maximum atomic E-state index is 12.6. The quantitative estimate of drug-likeness (QED) is 0.876. The van der Waals surface area contributed by atoms with E-state index in [4.69, 9.17) is 9.47 Å². The van der Waals surface area contributed by atoms with E-state index in [2.05, 4.69) is 4.72 Å². The van der Waals surface area contributed by atoms with E-state index in [1.807, 2.05) is 13.8 Å². The highest BCUT2D eigenvalue weighted by molar-refractivity contribution is 7.92. The molecule has 2 aromatic carbocycles. The number of aryl methyl sites for hydroxylation is 1. The van der Waals surface area contributed by atoms with Gasteiger partial charge in [0.05, 0.1) is 23.8 Å². The first kappa shape index (κ1) is 17.1. The molecule has 0 aliphatic rings. The summed E-state index contributed by atoms with van der Waals surface area (Å²) in [5.74, 6) is 1.14. The van der Waals surface area contributed by atoms with Gasteiger partial charge in [-0.15, -0.1) is 0 Å². The van der Waals surface area contributed by atoms with Gasteiger partial charge in [0, 0.05) is 0 Å². The highest BCUT2D eigenvalue weighted by Crippen LogP contribution is 2.28. The summed E-state index contributed by atoms with van der Waals surface area (Å²) in [4.78, 5) is 0.176. The lowest BCUT2D eigenvalue weighted by Crippen LogP contribution is -2.15. The summed E-state index contributed by atoms with van der Waals surface area (Å²) >= 11 is 0. The van der Waals surface area contributed by atoms with Crippen LogP contribution in [0.5, 0.6) is 11.5 Å². The number of hydrogen-bond donors (Lipinski definition) is 1. The lowest BCUT2D eigenvalue weighted by Gasteiger charge is -2.16. The Kier molecular flexibility index (Phi) is 5.15. The van der Waals surface area contributed by atoms with Gasteiger partial charge in [0.25, 0.3) is 10.0 Å². The van der Waals surface area contributed by atoms with Crippen LogP contribution in [0.4, 0.5) is 5.69 Å². The molecule has 0 heterocycles. The molecule has 0 amide bonds. The Morgan fingerprint density at radius 2 is 1.74 bits per heavy atom. The third-order valence-electron chi connectivity index (χ3n) is 3.17. The van der Waals surface area contributed by atoms with Crippen molar-refractivity contribution in [2.24, 2.45) is 0 Å². The van der Waals surface area contributed by atoms with Gasteiger partial charge >= 0.3 is 0 Å². The maximum absolute atomic E-state index is 12.6. The fourth-order valence-corrected chi connectivity index (χ4v) is 3.28. The predicted molar refractivity (Wildman–Crippen MR) is 90.7 cm³/mol. The van der Waals surface area contributed by atoms with Crippen LogP contribution in [0.25, 0.3) is 0 Å². The number of anilines is 1. The fraction of sp³-hybridized carbons (Fsp3) is 0.294. The topological polar surface area (TPSA) is 64.6 Å². The molecular weight excluding hydrogens is 314 g/mol. The Morgan fingerprint density at radius 1 is 1.04 bits per heavy atom. The number of benzene rings is 2. The second kappa shape index (κ2) is 6.91. The Morgan fingerprint density at radius 3 is 2.35 bits per heavy atom. The molecule has 0 radical (unpaired) electrons. The van der Waals surface area contributed by atoms with E-state index in [1.165, 1.54) is 6.07 Å². The van der Waals surface area contributed by atoms with E-state index in [-0.39, 0.29) is 11.0 Å². The molecule has 0 fully saturated rings. The van der Waals surface area contributed by atoms with Crippen molar-refractivity contribution in [3.63, 3.8) is 0 Å². The second-order valence-electron chi connectivity index (χ2n) is 5.40. The molecular formula is C17H21NO4S. The van der Waals surface area contributed by atoms with Gasteiger partial charge in [-0.1, -0.05) is 12.1 Å². The van der Waals surface area contributed by atoms with Crippen molar-refractivity contribution in [3.8, 4) is 11.5 Å². The van der Waals surface area contributed by atoms with Crippen molar-refractivity contribution in [1.29, 1.82) is 0 Å². The van der Waals surface area contributed by atoms with Crippen LogP contribution in [-0.2, 0) is 10.0 Å². The van der Waals surface area contributed by atoms with Crippen LogP contribution >= 0.6 is 0 Å². The first-order valence-electron chi connectivity index (χ1n) is 7.26. The van der Waals surface area contributed by atoms with Gasteiger partial charge in [-0.3, -0.25) is 4.72 Å². The minimum Gasteiger partial charge on any atom is -0.496 e. The summed E-state index contributed by atoms with van der Waals surface area (Å²) in [5, 5.41) is 0. The molecule has 6 heteroatoms. The monoisotopic (exact) mass is 335 g/mol. The zero-order valence-electron chi connectivity index (χ0n) is 13.7. The van der Waals surface area contributed by atoms with Crippen molar-refractivity contribution < 1.29 is 17.9 Å². The van der Waals surface area contributed by atoms with Crippen LogP contribution in [0.3, 0.4) is 0 Å². The number of nitrogens with one attached hydrogen (secondary N) is 1. The summed E-state index contributed by atoms with van der Waals surface area (Å²) in [5.41, 5.74) is 1.16. The summed E-state index contributed by atoms with van der Waals surface area (Å²) in [6.07, 6.45) is -0.0520. The second-order valence-corrected chi connectivity index (χ2v) is 7.08. The lowest BCUT2D eigenvalue weighted by molar-refractivity contribution is 0.244. The molecule has 0 unspecified atom stereocenters. The molecule has 0 atom stereocenters. The van der Waals surface area contributed by atoms with Crippen LogP contribution < -0.4 is 14.2 Å². The number of sulfonamides is 1. The molecule has 5 nitrogen and oxygen atoms in total. The average Bonchev–Trinajstić information content (AvgIpc) is 2.48. The number of hydrogen-bond acceptors (Lipinski definition) is 4. The van der Waals surface area contributed by atoms with Crippen molar-refractivity contribution in [3.05, 3.63) is 48.0 Å². The van der Waals surface area contributed by atoms with E-state index in [0.717, 1.165) is 5.56 Å². The number of rotatable bonds is 6. The normalized spacial score (nSPS) is 11.3. The Balaban J connectivity index is 2.34. The molecule has 0 spiro atoms. The SMILES string of the molecule is COc1ccc(S(=O)(=O)Nc2ccccc2OC(C)C)cc1C. The molecule has 0 aliphatic carbocycles. The molecule has 2 rings (SSSR count). The Hall–Kier alpha value is -2.21. The van der Waals surface area contributed by atoms with E-state index >= 15 is 0 Å². The Bertz CT molecular complexity index is 785. The first-order valence-corrected chi connectivity index (χ1v) is 8.75. The van der Waals surface area contributed by atoms with Crippen LogP contribution in [0.2, 0.25) is 0 Å². The van der Waals surface area contributed by atoms with E-state index in [9.17, 15) is 8.42 Å². The summed E-state index contributed by atoms with van der Waals surface area (Å²) < 4.78 is 38.5. The van der Waals surface area contributed by atoms with Gasteiger partial charge in [0.2, 0.25) is 0 Å². The largest absolute Gasteiger partial charge is 0.496 e. The molecule has 0 saturated heterocycles. The van der Waals surface area contributed by atoms with Crippen LogP contribution in [0.1, 0.15) is 19.4 Å².